The van der Waals surface area contributed by atoms with Crippen LogP contribution in [-0.4, -0.2) is 17.1 Å². The predicted molar refractivity (Wildman–Crippen MR) is 73.2 cm³/mol. The Bertz CT molecular complexity index is 497. The van der Waals surface area contributed by atoms with Crippen LogP contribution in [0.25, 0.3) is 10.9 Å². The molecule has 90 valence electrons. The van der Waals surface area contributed by atoms with E-state index in [1.807, 2.05) is 12.3 Å². The number of benzene rings is 1. The Morgan fingerprint density at radius 1 is 1.18 bits per heavy atom. The number of pyridine rings is 1. The first-order valence-corrected chi connectivity index (χ1v) is 6.13. The van der Waals surface area contributed by atoms with Gasteiger partial charge in [0.25, 0.3) is 0 Å². The van der Waals surface area contributed by atoms with Gasteiger partial charge in [0.15, 0.2) is 0 Å². The van der Waals surface area contributed by atoms with E-state index in [0.717, 1.165) is 18.5 Å². The molecule has 2 heteroatoms. The van der Waals surface area contributed by atoms with Gasteiger partial charge in [-0.25, -0.2) is 0 Å². The highest BCUT2D eigenvalue weighted by molar-refractivity contribution is 5.78. The van der Waals surface area contributed by atoms with Crippen LogP contribution in [0.4, 0.5) is 0 Å². The van der Waals surface area contributed by atoms with Crippen molar-refractivity contribution in [1.29, 1.82) is 0 Å². The topological polar surface area (TPSA) is 24.9 Å². The molecule has 2 nitrogen and oxygen atoms in total. The highest BCUT2D eigenvalue weighted by Crippen LogP contribution is 2.13. The van der Waals surface area contributed by atoms with Crippen LogP contribution in [0.3, 0.4) is 0 Å². The fourth-order valence-corrected chi connectivity index (χ4v) is 1.85. The minimum absolute atomic E-state index is 0.190. The Labute approximate surface area is 103 Å². The first kappa shape index (κ1) is 12.1. The second-order valence-electron chi connectivity index (χ2n) is 5.46. The fourth-order valence-electron chi connectivity index (χ4n) is 1.85. The second-order valence-corrected chi connectivity index (χ2v) is 5.46. The SMILES string of the molecule is CC(C)(C)NCCc1ccc2cccnc2c1. The summed E-state index contributed by atoms with van der Waals surface area (Å²) in [5, 5.41) is 4.71. The first-order valence-electron chi connectivity index (χ1n) is 6.13. The van der Waals surface area contributed by atoms with Gasteiger partial charge in [-0.05, 0) is 51.4 Å². The van der Waals surface area contributed by atoms with Gasteiger partial charge in [0, 0.05) is 17.1 Å². The molecule has 0 saturated heterocycles. The largest absolute Gasteiger partial charge is 0.312 e. The maximum Gasteiger partial charge on any atom is 0.0704 e. The van der Waals surface area contributed by atoms with Crippen LogP contribution in [0.2, 0.25) is 0 Å². The lowest BCUT2D eigenvalue weighted by molar-refractivity contribution is 0.429. The summed E-state index contributed by atoms with van der Waals surface area (Å²) >= 11 is 0. The molecule has 1 aromatic carbocycles. The predicted octanol–water partition coefficient (Wildman–Crippen LogP) is 3.17. The minimum atomic E-state index is 0.190. The average molecular weight is 228 g/mol. The van der Waals surface area contributed by atoms with E-state index in [1.54, 1.807) is 0 Å². The summed E-state index contributed by atoms with van der Waals surface area (Å²) in [6, 6.07) is 10.6. The van der Waals surface area contributed by atoms with Crippen LogP contribution in [0.1, 0.15) is 26.3 Å². The highest BCUT2D eigenvalue weighted by atomic mass is 14.9. The van der Waals surface area contributed by atoms with Crippen molar-refractivity contribution >= 4 is 10.9 Å². The Morgan fingerprint density at radius 3 is 2.76 bits per heavy atom. The molecular weight excluding hydrogens is 208 g/mol. The number of hydrogen-bond acceptors (Lipinski definition) is 2. The molecule has 1 aromatic heterocycles. The Morgan fingerprint density at radius 2 is 2.00 bits per heavy atom. The van der Waals surface area contributed by atoms with Crippen LogP contribution in [0, 0.1) is 0 Å². The highest BCUT2D eigenvalue weighted by Gasteiger charge is 2.07. The number of hydrogen-bond donors (Lipinski definition) is 1. The van der Waals surface area contributed by atoms with Gasteiger partial charge in [-0.15, -0.1) is 0 Å². The minimum Gasteiger partial charge on any atom is -0.312 e. The number of aromatic nitrogens is 1. The molecule has 2 rings (SSSR count). The number of nitrogens with one attached hydrogen (secondary N) is 1. The van der Waals surface area contributed by atoms with E-state index in [1.165, 1.54) is 10.9 Å². The molecule has 17 heavy (non-hydrogen) atoms. The van der Waals surface area contributed by atoms with Crippen molar-refractivity contribution < 1.29 is 0 Å². The monoisotopic (exact) mass is 228 g/mol. The Hall–Kier alpha value is -1.41. The van der Waals surface area contributed by atoms with Gasteiger partial charge in [0.1, 0.15) is 0 Å². The lowest BCUT2D eigenvalue weighted by Gasteiger charge is -2.20. The average Bonchev–Trinajstić information content (AvgIpc) is 2.27. The van der Waals surface area contributed by atoms with Crippen molar-refractivity contribution in [2.75, 3.05) is 6.54 Å². The third-order valence-electron chi connectivity index (χ3n) is 2.74. The van der Waals surface area contributed by atoms with Crippen molar-refractivity contribution in [3.05, 3.63) is 42.1 Å². The maximum atomic E-state index is 4.38. The van der Waals surface area contributed by atoms with Gasteiger partial charge in [-0.2, -0.15) is 0 Å². The zero-order valence-electron chi connectivity index (χ0n) is 10.8. The lowest BCUT2D eigenvalue weighted by Crippen LogP contribution is -2.37. The summed E-state index contributed by atoms with van der Waals surface area (Å²) < 4.78 is 0. The quantitative estimate of drug-likeness (QED) is 0.873. The summed E-state index contributed by atoms with van der Waals surface area (Å²) in [5.41, 5.74) is 2.61. The van der Waals surface area contributed by atoms with E-state index in [2.05, 4.69) is 55.3 Å². The summed E-state index contributed by atoms with van der Waals surface area (Å²) in [4.78, 5) is 4.38. The van der Waals surface area contributed by atoms with Crippen LogP contribution in [0.15, 0.2) is 36.5 Å². The number of nitrogens with zero attached hydrogens (tertiary/aromatic N) is 1. The third kappa shape index (κ3) is 3.53. The molecule has 1 N–H and O–H groups in total. The van der Waals surface area contributed by atoms with Crippen LogP contribution in [0.5, 0.6) is 0 Å². The molecule has 0 aliphatic carbocycles. The van der Waals surface area contributed by atoms with Gasteiger partial charge in [-0.3, -0.25) is 4.98 Å². The normalized spacial score (nSPS) is 11.9. The first-order chi connectivity index (χ1) is 8.04. The van der Waals surface area contributed by atoms with E-state index in [-0.39, 0.29) is 5.54 Å². The summed E-state index contributed by atoms with van der Waals surface area (Å²) in [6.45, 7) is 7.57. The van der Waals surface area contributed by atoms with E-state index in [9.17, 15) is 0 Å². The summed E-state index contributed by atoms with van der Waals surface area (Å²) in [5.74, 6) is 0. The number of fused-ring (bicyclic) bond motifs is 1. The van der Waals surface area contributed by atoms with Gasteiger partial charge < -0.3 is 5.32 Å². The standard InChI is InChI=1S/C15H20N2/c1-15(2,3)17-10-8-12-6-7-13-5-4-9-16-14(13)11-12/h4-7,9,11,17H,8,10H2,1-3H3. The third-order valence-corrected chi connectivity index (χ3v) is 2.74. The molecule has 2 aromatic rings. The molecule has 0 amide bonds. The van der Waals surface area contributed by atoms with Crippen molar-refractivity contribution in [3.8, 4) is 0 Å². The molecule has 0 fully saturated rings. The second kappa shape index (κ2) is 4.84. The van der Waals surface area contributed by atoms with Crippen molar-refractivity contribution in [3.63, 3.8) is 0 Å². The fraction of sp³-hybridized carbons (Fsp3) is 0.400. The van der Waals surface area contributed by atoms with E-state index >= 15 is 0 Å². The van der Waals surface area contributed by atoms with Gasteiger partial charge in [0.05, 0.1) is 5.52 Å². The number of rotatable bonds is 3. The molecule has 0 spiro atoms. The lowest BCUT2D eigenvalue weighted by atomic mass is 10.1. The summed E-state index contributed by atoms with van der Waals surface area (Å²) in [6.07, 6.45) is 2.89. The zero-order chi connectivity index (χ0) is 12.3. The molecular formula is C15H20N2. The van der Waals surface area contributed by atoms with Crippen molar-refractivity contribution in [1.82, 2.24) is 10.3 Å². The Kier molecular flexibility index (Phi) is 3.43. The van der Waals surface area contributed by atoms with Crippen LogP contribution >= 0.6 is 0 Å². The molecule has 0 unspecified atom stereocenters. The Balaban J connectivity index is 2.04. The molecule has 0 bridgehead atoms. The van der Waals surface area contributed by atoms with Crippen LogP contribution in [-0.2, 0) is 6.42 Å². The molecule has 0 aliphatic heterocycles. The van der Waals surface area contributed by atoms with Gasteiger partial charge >= 0.3 is 0 Å². The molecule has 0 saturated carbocycles. The van der Waals surface area contributed by atoms with Crippen LogP contribution < -0.4 is 5.32 Å². The molecule has 0 aliphatic rings. The van der Waals surface area contributed by atoms with Gasteiger partial charge in [-0.1, -0.05) is 18.2 Å². The molecule has 0 atom stereocenters. The van der Waals surface area contributed by atoms with E-state index in [4.69, 9.17) is 0 Å². The zero-order valence-corrected chi connectivity index (χ0v) is 10.8. The molecule has 1 heterocycles. The summed E-state index contributed by atoms with van der Waals surface area (Å²) in [7, 11) is 0. The van der Waals surface area contributed by atoms with Crippen molar-refractivity contribution in [2.45, 2.75) is 32.7 Å². The smallest absolute Gasteiger partial charge is 0.0704 e. The van der Waals surface area contributed by atoms with E-state index < -0.39 is 0 Å². The van der Waals surface area contributed by atoms with E-state index in [0.29, 0.717) is 0 Å². The molecule has 0 radical (unpaired) electrons. The maximum absolute atomic E-state index is 4.38. The van der Waals surface area contributed by atoms with Crippen molar-refractivity contribution in [2.24, 2.45) is 0 Å². The van der Waals surface area contributed by atoms with Gasteiger partial charge in [0.2, 0.25) is 0 Å².